The van der Waals surface area contributed by atoms with E-state index in [9.17, 15) is 4.79 Å². The molecule has 2 aromatic carbocycles. The van der Waals surface area contributed by atoms with Crippen LogP contribution in [0.25, 0.3) is 11.1 Å². The fourth-order valence-electron chi connectivity index (χ4n) is 2.24. The summed E-state index contributed by atoms with van der Waals surface area (Å²) in [4.78, 5) is 16.8. The summed E-state index contributed by atoms with van der Waals surface area (Å²) < 4.78 is 11.4. The summed E-state index contributed by atoms with van der Waals surface area (Å²) in [6, 6.07) is 15.8. The van der Waals surface area contributed by atoms with Gasteiger partial charge >= 0.3 is 0 Å². The average molecular weight is 310 g/mol. The van der Waals surface area contributed by atoms with Gasteiger partial charge in [-0.1, -0.05) is 24.3 Å². The van der Waals surface area contributed by atoms with Crippen molar-refractivity contribution in [2.24, 2.45) is 0 Å². The Kier molecular flexibility index (Phi) is 4.57. The van der Waals surface area contributed by atoms with E-state index in [1.165, 1.54) is 0 Å². The van der Waals surface area contributed by atoms with E-state index in [-0.39, 0.29) is 0 Å². The first kappa shape index (κ1) is 15.1. The summed E-state index contributed by atoms with van der Waals surface area (Å²) in [7, 11) is 1.92. The molecule has 0 aliphatic rings. The van der Waals surface area contributed by atoms with E-state index in [1.54, 1.807) is 0 Å². The maximum absolute atomic E-state index is 10.5. The molecule has 3 rings (SSSR count). The molecule has 0 atom stereocenters. The fourth-order valence-corrected chi connectivity index (χ4v) is 2.24. The number of carbonyl (C=O) groups excluding carboxylic acids is 1. The Labute approximate surface area is 134 Å². The Balaban J connectivity index is 1.54. The lowest BCUT2D eigenvalue weighted by Crippen LogP contribution is -2.23. The topological polar surface area (TPSA) is 55.6 Å². The van der Waals surface area contributed by atoms with Gasteiger partial charge < -0.3 is 18.8 Å². The Morgan fingerprint density at radius 2 is 1.96 bits per heavy atom. The lowest BCUT2D eigenvalue weighted by molar-refractivity contribution is -0.107. The van der Waals surface area contributed by atoms with Gasteiger partial charge in [0.25, 0.3) is 6.01 Å². The van der Waals surface area contributed by atoms with Crippen LogP contribution >= 0.6 is 0 Å². The zero-order valence-corrected chi connectivity index (χ0v) is 12.9. The third-order valence-electron chi connectivity index (χ3n) is 3.55. The summed E-state index contributed by atoms with van der Waals surface area (Å²) in [5.74, 6) is 0.783. The molecule has 1 aromatic heterocycles. The van der Waals surface area contributed by atoms with Gasteiger partial charge in [-0.25, -0.2) is 0 Å². The van der Waals surface area contributed by atoms with Gasteiger partial charge in [-0.05, 0) is 29.8 Å². The normalized spacial score (nSPS) is 10.7. The molecule has 0 saturated heterocycles. The van der Waals surface area contributed by atoms with E-state index in [2.05, 4.69) is 4.98 Å². The Morgan fingerprint density at radius 1 is 1.17 bits per heavy atom. The minimum atomic E-state index is 0.431. The quantitative estimate of drug-likeness (QED) is 0.628. The molecular weight excluding hydrogens is 292 g/mol. The molecule has 0 spiro atoms. The summed E-state index contributed by atoms with van der Waals surface area (Å²) in [5.41, 5.74) is 2.61. The number of hydrogen-bond donors (Lipinski definition) is 0. The van der Waals surface area contributed by atoms with Gasteiger partial charge in [0.05, 0.1) is 6.54 Å². The number of carbonyl (C=O) groups is 1. The lowest BCUT2D eigenvalue weighted by Gasteiger charge is -2.14. The van der Waals surface area contributed by atoms with Crippen molar-refractivity contribution in [1.29, 1.82) is 0 Å². The first-order valence-corrected chi connectivity index (χ1v) is 7.48. The van der Waals surface area contributed by atoms with Crippen LogP contribution in [-0.4, -0.2) is 31.5 Å². The third kappa shape index (κ3) is 3.69. The van der Waals surface area contributed by atoms with Crippen LogP contribution in [0.15, 0.2) is 52.9 Å². The van der Waals surface area contributed by atoms with E-state index in [0.29, 0.717) is 25.6 Å². The molecule has 0 aliphatic heterocycles. The first-order valence-electron chi connectivity index (χ1n) is 7.48. The van der Waals surface area contributed by atoms with E-state index in [1.807, 2.05) is 60.5 Å². The van der Waals surface area contributed by atoms with Gasteiger partial charge in [0.2, 0.25) is 0 Å². The molecule has 3 aromatic rings. The number of nitrogens with zero attached hydrogens (tertiary/aromatic N) is 2. The molecule has 0 bridgehead atoms. The summed E-state index contributed by atoms with van der Waals surface area (Å²) >= 11 is 0. The second kappa shape index (κ2) is 6.96. The highest BCUT2D eigenvalue weighted by molar-refractivity contribution is 5.74. The highest BCUT2D eigenvalue weighted by Crippen LogP contribution is 2.20. The number of aromatic nitrogens is 1. The molecule has 0 aliphatic carbocycles. The van der Waals surface area contributed by atoms with Crippen molar-refractivity contribution in [3.05, 3.63) is 54.1 Å². The molecule has 0 N–H and O–H groups in total. The molecular formula is C18H18N2O3. The molecule has 0 amide bonds. The molecule has 0 fully saturated rings. The standard InChI is InChI=1S/C18H18N2O3/c1-20(18-19-16-4-2-3-5-17(16)23-18)11-13-22-15-8-6-14(7-9-15)10-12-21/h2-9,12H,10-11,13H2,1H3. The minimum Gasteiger partial charge on any atom is -0.492 e. The number of rotatable bonds is 7. The van der Waals surface area contributed by atoms with Gasteiger partial charge in [0, 0.05) is 13.5 Å². The van der Waals surface area contributed by atoms with Crippen LogP contribution in [0.3, 0.4) is 0 Å². The molecule has 0 saturated carbocycles. The first-order chi connectivity index (χ1) is 11.3. The van der Waals surface area contributed by atoms with Gasteiger partial charge in [0.15, 0.2) is 5.58 Å². The van der Waals surface area contributed by atoms with Crippen LogP contribution in [0.4, 0.5) is 6.01 Å². The van der Waals surface area contributed by atoms with Crippen molar-refractivity contribution in [3.63, 3.8) is 0 Å². The molecule has 118 valence electrons. The predicted molar refractivity (Wildman–Crippen MR) is 89.0 cm³/mol. The average Bonchev–Trinajstić information content (AvgIpc) is 3.01. The van der Waals surface area contributed by atoms with E-state index in [4.69, 9.17) is 9.15 Å². The van der Waals surface area contributed by atoms with Crippen molar-refractivity contribution < 1.29 is 13.9 Å². The van der Waals surface area contributed by atoms with Crippen molar-refractivity contribution in [1.82, 2.24) is 4.98 Å². The smallest absolute Gasteiger partial charge is 0.298 e. The van der Waals surface area contributed by atoms with Crippen LogP contribution in [0, 0.1) is 0 Å². The monoisotopic (exact) mass is 310 g/mol. The molecule has 5 heteroatoms. The second-order valence-electron chi connectivity index (χ2n) is 5.25. The van der Waals surface area contributed by atoms with Gasteiger partial charge in [0.1, 0.15) is 24.2 Å². The minimum absolute atomic E-state index is 0.431. The third-order valence-corrected chi connectivity index (χ3v) is 3.55. The van der Waals surface area contributed by atoms with Gasteiger partial charge in [-0.3, -0.25) is 0 Å². The predicted octanol–water partition coefficient (Wildman–Crippen LogP) is 3.08. The Hall–Kier alpha value is -2.82. The number of benzene rings is 2. The van der Waals surface area contributed by atoms with Crippen LogP contribution in [0.5, 0.6) is 5.75 Å². The van der Waals surface area contributed by atoms with Crippen LogP contribution in [0.1, 0.15) is 5.56 Å². The number of hydrogen-bond acceptors (Lipinski definition) is 5. The van der Waals surface area contributed by atoms with Gasteiger partial charge in [-0.2, -0.15) is 4.98 Å². The number of oxazole rings is 1. The summed E-state index contributed by atoms with van der Waals surface area (Å²) in [6.45, 7) is 1.17. The van der Waals surface area contributed by atoms with Gasteiger partial charge in [-0.15, -0.1) is 0 Å². The maximum atomic E-state index is 10.5. The second-order valence-corrected chi connectivity index (χ2v) is 5.25. The Bertz CT molecular complexity index is 747. The molecule has 0 unspecified atom stereocenters. The number of para-hydroxylation sites is 2. The number of anilines is 1. The van der Waals surface area contributed by atoms with Crippen LogP contribution in [-0.2, 0) is 11.2 Å². The SMILES string of the molecule is CN(CCOc1ccc(CC=O)cc1)c1nc2ccccc2o1. The highest BCUT2D eigenvalue weighted by Gasteiger charge is 2.09. The van der Waals surface area contributed by atoms with Crippen molar-refractivity contribution in [2.45, 2.75) is 6.42 Å². The zero-order valence-electron chi connectivity index (χ0n) is 12.9. The van der Waals surface area contributed by atoms with Crippen molar-refractivity contribution >= 4 is 23.4 Å². The lowest BCUT2D eigenvalue weighted by atomic mass is 10.2. The van der Waals surface area contributed by atoms with E-state index in [0.717, 1.165) is 28.7 Å². The molecule has 5 nitrogen and oxygen atoms in total. The maximum Gasteiger partial charge on any atom is 0.298 e. The largest absolute Gasteiger partial charge is 0.492 e. The molecule has 0 radical (unpaired) electrons. The number of ether oxygens (including phenoxy) is 1. The van der Waals surface area contributed by atoms with Crippen LogP contribution < -0.4 is 9.64 Å². The van der Waals surface area contributed by atoms with Crippen LogP contribution in [0.2, 0.25) is 0 Å². The summed E-state index contributed by atoms with van der Waals surface area (Å²) in [5, 5.41) is 0. The van der Waals surface area contributed by atoms with Crippen molar-refractivity contribution in [2.75, 3.05) is 25.1 Å². The van der Waals surface area contributed by atoms with E-state index >= 15 is 0 Å². The van der Waals surface area contributed by atoms with E-state index < -0.39 is 0 Å². The number of likely N-dealkylation sites (N-methyl/N-ethyl adjacent to an activating group) is 1. The summed E-state index contributed by atoms with van der Waals surface area (Å²) in [6.07, 6.45) is 1.33. The highest BCUT2D eigenvalue weighted by atomic mass is 16.5. The Morgan fingerprint density at radius 3 is 2.70 bits per heavy atom. The number of fused-ring (bicyclic) bond motifs is 1. The molecule has 23 heavy (non-hydrogen) atoms. The molecule has 1 heterocycles. The zero-order chi connectivity index (χ0) is 16.1. The number of aldehydes is 1. The van der Waals surface area contributed by atoms with Crippen molar-refractivity contribution in [3.8, 4) is 5.75 Å². The fraction of sp³-hybridized carbons (Fsp3) is 0.222.